The fourth-order valence-corrected chi connectivity index (χ4v) is 7.07. The molecule has 0 aromatic heterocycles. The fourth-order valence-electron chi connectivity index (χ4n) is 7.07. The molecule has 6 heteroatoms. The van der Waals surface area contributed by atoms with E-state index in [9.17, 15) is 19.8 Å². The number of hydrogen-bond donors (Lipinski definition) is 3. The molecule has 0 rings (SSSR count). The average molecular weight is 774 g/mol. The summed E-state index contributed by atoms with van der Waals surface area (Å²) in [6.07, 6.45) is 49.3. The summed E-state index contributed by atoms with van der Waals surface area (Å²) < 4.78 is 5.87. The number of carbonyl (C=O) groups excluding carboxylic acids is 2. The Hall–Kier alpha value is -1.92. The standard InChI is InChI=1S/C49H91NO5/c1-4-7-10-13-16-19-21-22-23-24-25-27-30-33-36-39-42-49(54)55-45(40-37-34-31-29-26-20-17-14-11-8-5-2)43-48(53)50-46(44-51)47(52)41-38-35-32-28-18-15-12-9-6-3/h23-25,27,29,31,45-47,51-52H,4-22,26,28,30,32-44H2,1-3H3,(H,50,53)/b24-23+,27-25+,31-29-. The molecule has 0 aliphatic heterocycles. The van der Waals surface area contributed by atoms with Gasteiger partial charge in [-0.2, -0.15) is 0 Å². The summed E-state index contributed by atoms with van der Waals surface area (Å²) in [5.41, 5.74) is 0. The van der Waals surface area contributed by atoms with Gasteiger partial charge in [0, 0.05) is 6.42 Å². The van der Waals surface area contributed by atoms with Gasteiger partial charge in [-0.05, 0) is 70.6 Å². The Morgan fingerprint density at radius 1 is 0.527 bits per heavy atom. The van der Waals surface area contributed by atoms with Crippen LogP contribution in [-0.2, 0) is 14.3 Å². The second-order valence-electron chi connectivity index (χ2n) is 16.2. The molecule has 1 amide bonds. The largest absolute Gasteiger partial charge is 0.462 e. The van der Waals surface area contributed by atoms with Crippen molar-refractivity contribution < 1.29 is 24.5 Å². The van der Waals surface area contributed by atoms with Crippen LogP contribution in [0.3, 0.4) is 0 Å². The lowest BCUT2D eigenvalue weighted by molar-refractivity contribution is -0.151. The van der Waals surface area contributed by atoms with E-state index >= 15 is 0 Å². The third-order valence-corrected chi connectivity index (χ3v) is 10.7. The first-order chi connectivity index (χ1) is 27.0. The monoisotopic (exact) mass is 774 g/mol. The van der Waals surface area contributed by atoms with Crippen LogP contribution in [0, 0.1) is 0 Å². The van der Waals surface area contributed by atoms with E-state index in [0.717, 1.165) is 70.6 Å². The number of allylic oxidation sites excluding steroid dienone is 6. The van der Waals surface area contributed by atoms with E-state index in [2.05, 4.69) is 62.5 Å². The van der Waals surface area contributed by atoms with Gasteiger partial charge in [0.25, 0.3) is 0 Å². The van der Waals surface area contributed by atoms with Crippen molar-refractivity contribution in [3.05, 3.63) is 36.5 Å². The Morgan fingerprint density at radius 3 is 1.44 bits per heavy atom. The van der Waals surface area contributed by atoms with Crippen molar-refractivity contribution in [1.82, 2.24) is 5.32 Å². The normalized spacial score (nSPS) is 13.6. The number of esters is 1. The van der Waals surface area contributed by atoms with Crippen molar-refractivity contribution in [3.8, 4) is 0 Å². The maximum Gasteiger partial charge on any atom is 0.306 e. The number of amides is 1. The average Bonchev–Trinajstić information content (AvgIpc) is 3.18. The van der Waals surface area contributed by atoms with Crippen molar-refractivity contribution in [1.29, 1.82) is 0 Å². The first kappa shape index (κ1) is 53.1. The van der Waals surface area contributed by atoms with E-state index in [-0.39, 0.29) is 24.9 Å². The van der Waals surface area contributed by atoms with Crippen LogP contribution in [0.2, 0.25) is 0 Å². The number of aliphatic hydroxyl groups excluding tert-OH is 2. The van der Waals surface area contributed by atoms with Gasteiger partial charge >= 0.3 is 5.97 Å². The summed E-state index contributed by atoms with van der Waals surface area (Å²) in [6.45, 7) is 6.43. The van der Waals surface area contributed by atoms with Gasteiger partial charge in [-0.15, -0.1) is 0 Å². The van der Waals surface area contributed by atoms with Crippen LogP contribution in [-0.4, -0.2) is 46.9 Å². The van der Waals surface area contributed by atoms with E-state index < -0.39 is 18.2 Å². The van der Waals surface area contributed by atoms with Crippen LogP contribution in [0.1, 0.15) is 239 Å². The van der Waals surface area contributed by atoms with Gasteiger partial charge in [0.05, 0.1) is 25.2 Å². The zero-order valence-corrected chi connectivity index (χ0v) is 36.6. The van der Waals surface area contributed by atoms with Gasteiger partial charge in [-0.25, -0.2) is 0 Å². The smallest absolute Gasteiger partial charge is 0.306 e. The Labute approximate surface area is 341 Å². The molecule has 0 heterocycles. The van der Waals surface area contributed by atoms with Gasteiger partial charge in [-0.1, -0.05) is 192 Å². The molecule has 3 atom stereocenters. The second kappa shape index (κ2) is 43.2. The molecule has 3 unspecified atom stereocenters. The minimum Gasteiger partial charge on any atom is -0.462 e. The third kappa shape index (κ3) is 38.7. The highest BCUT2D eigenvalue weighted by Crippen LogP contribution is 2.16. The zero-order chi connectivity index (χ0) is 40.3. The molecule has 0 spiro atoms. The maximum absolute atomic E-state index is 13.1. The van der Waals surface area contributed by atoms with E-state index in [1.165, 1.54) is 122 Å². The highest BCUT2D eigenvalue weighted by molar-refractivity contribution is 5.77. The Morgan fingerprint density at radius 2 is 0.945 bits per heavy atom. The van der Waals surface area contributed by atoms with Gasteiger partial charge in [-0.3, -0.25) is 9.59 Å². The number of hydrogen-bond acceptors (Lipinski definition) is 5. The quantitative estimate of drug-likeness (QED) is 0.0248. The van der Waals surface area contributed by atoms with Crippen LogP contribution in [0.15, 0.2) is 36.5 Å². The predicted molar refractivity (Wildman–Crippen MR) is 236 cm³/mol. The van der Waals surface area contributed by atoms with Crippen LogP contribution in [0.25, 0.3) is 0 Å². The Balaban J connectivity index is 4.62. The highest BCUT2D eigenvalue weighted by atomic mass is 16.5. The molecule has 55 heavy (non-hydrogen) atoms. The first-order valence-electron chi connectivity index (χ1n) is 23.7. The van der Waals surface area contributed by atoms with E-state index in [0.29, 0.717) is 19.3 Å². The molecule has 3 N–H and O–H groups in total. The molecule has 0 saturated carbocycles. The Kier molecular flexibility index (Phi) is 41.7. The lowest BCUT2D eigenvalue weighted by atomic mass is 10.0. The molecule has 0 aliphatic rings. The summed E-state index contributed by atoms with van der Waals surface area (Å²) in [5.74, 6) is -0.533. The Bertz CT molecular complexity index is 915. The van der Waals surface area contributed by atoms with Gasteiger partial charge < -0.3 is 20.3 Å². The van der Waals surface area contributed by atoms with E-state index in [1.807, 2.05) is 0 Å². The summed E-state index contributed by atoms with van der Waals surface area (Å²) in [4.78, 5) is 26.0. The van der Waals surface area contributed by atoms with Crippen LogP contribution in [0.4, 0.5) is 0 Å². The highest BCUT2D eigenvalue weighted by Gasteiger charge is 2.24. The predicted octanol–water partition coefficient (Wildman–Crippen LogP) is 13.7. The number of nitrogens with one attached hydrogen (secondary N) is 1. The molecular formula is C49H91NO5. The minimum absolute atomic E-state index is 0.0474. The summed E-state index contributed by atoms with van der Waals surface area (Å²) >= 11 is 0. The minimum atomic E-state index is -0.794. The lowest BCUT2D eigenvalue weighted by Crippen LogP contribution is -2.46. The number of rotatable bonds is 42. The summed E-state index contributed by atoms with van der Waals surface area (Å²) in [5, 5.41) is 23.6. The van der Waals surface area contributed by atoms with Crippen molar-refractivity contribution in [2.75, 3.05) is 6.61 Å². The summed E-state index contributed by atoms with van der Waals surface area (Å²) in [6, 6.07) is -0.711. The fraction of sp³-hybridized carbons (Fsp3) is 0.837. The van der Waals surface area contributed by atoms with Crippen molar-refractivity contribution in [3.63, 3.8) is 0 Å². The molecule has 0 radical (unpaired) electrons. The molecule has 0 bridgehead atoms. The molecule has 0 aromatic rings. The molecule has 322 valence electrons. The molecule has 6 nitrogen and oxygen atoms in total. The van der Waals surface area contributed by atoms with Crippen LogP contribution >= 0.6 is 0 Å². The first-order valence-corrected chi connectivity index (χ1v) is 23.7. The zero-order valence-electron chi connectivity index (χ0n) is 36.6. The molecule has 0 saturated heterocycles. The molecule has 0 aliphatic carbocycles. The number of unbranched alkanes of at least 4 members (excludes halogenated alkanes) is 25. The van der Waals surface area contributed by atoms with Crippen LogP contribution < -0.4 is 5.32 Å². The number of carbonyl (C=O) groups is 2. The van der Waals surface area contributed by atoms with E-state index in [1.54, 1.807) is 0 Å². The molecular weight excluding hydrogens is 683 g/mol. The van der Waals surface area contributed by atoms with E-state index in [4.69, 9.17) is 4.74 Å². The van der Waals surface area contributed by atoms with Gasteiger partial charge in [0.1, 0.15) is 6.10 Å². The van der Waals surface area contributed by atoms with Gasteiger partial charge in [0.15, 0.2) is 0 Å². The molecule has 0 aromatic carbocycles. The topological polar surface area (TPSA) is 95.9 Å². The van der Waals surface area contributed by atoms with Crippen molar-refractivity contribution in [2.45, 2.75) is 257 Å². The van der Waals surface area contributed by atoms with Crippen molar-refractivity contribution in [2.24, 2.45) is 0 Å². The second-order valence-corrected chi connectivity index (χ2v) is 16.2. The maximum atomic E-state index is 13.1. The molecule has 0 fully saturated rings. The van der Waals surface area contributed by atoms with Crippen LogP contribution in [0.5, 0.6) is 0 Å². The lowest BCUT2D eigenvalue weighted by Gasteiger charge is -2.24. The number of ether oxygens (including phenoxy) is 1. The SMILES string of the molecule is CCCCCCCC/C=C\CCCC(CC(=O)NC(CO)C(O)CCCCCCCCCCC)OC(=O)CCCCC/C=C/C=C/CCCCCCCCC. The van der Waals surface area contributed by atoms with Gasteiger partial charge in [0.2, 0.25) is 5.91 Å². The summed E-state index contributed by atoms with van der Waals surface area (Å²) in [7, 11) is 0. The third-order valence-electron chi connectivity index (χ3n) is 10.7. The number of aliphatic hydroxyl groups is 2. The van der Waals surface area contributed by atoms with Crippen molar-refractivity contribution >= 4 is 11.9 Å².